The van der Waals surface area contributed by atoms with E-state index in [0.717, 1.165) is 19.3 Å². The maximum absolute atomic E-state index is 12.2. The topological polar surface area (TPSA) is 63.4 Å². The number of hydrogen-bond acceptors (Lipinski definition) is 3. The van der Waals surface area contributed by atoms with Gasteiger partial charge in [0.25, 0.3) is 0 Å². The molecule has 0 aromatic carbocycles. The molecule has 5 heteroatoms. The van der Waals surface area contributed by atoms with E-state index in [4.69, 9.17) is 5.73 Å². The molecule has 17 heavy (non-hydrogen) atoms. The van der Waals surface area contributed by atoms with E-state index in [-0.39, 0.29) is 6.54 Å². The largest absolute Gasteiger partial charge is 0.329 e. The highest BCUT2D eigenvalue weighted by atomic mass is 32.2. The van der Waals surface area contributed by atoms with Crippen LogP contribution < -0.4 is 5.73 Å². The molecule has 2 N–H and O–H groups in total. The van der Waals surface area contributed by atoms with E-state index in [9.17, 15) is 8.42 Å². The summed E-state index contributed by atoms with van der Waals surface area (Å²) in [5.74, 6) is 0.702. The van der Waals surface area contributed by atoms with Crippen LogP contribution in [0.1, 0.15) is 46.0 Å². The van der Waals surface area contributed by atoms with Crippen LogP contribution in [0, 0.1) is 5.92 Å². The van der Waals surface area contributed by atoms with Crippen molar-refractivity contribution in [1.82, 2.24) is 4.31 Å². The minimum Gasteiger partial charge on any atom is -0.329 e. The van der Waals surface area contributed by atoms with Crippen molar-refractivity contribution in [3.63, 3.8) is 0 Å². The van der Waals surface area contributed by atoms with Crippen molar-refractivity contribution in [3.8, 4) is 0 Å². The number of hydrogen-bond donors (Lipinski definition) is 1. The van der Waals surface area contributed by atoms with Gasteiger partial charge in [-0.1, -0.05) is 19.8 Å². The summed E-state index contributed by atoms with van der Waals surface area (Å²) in [5, 5.41) is -0.453. The van der Waals surface area contributed by atoms with Crippen LogP contribution in [0.2, 0.25) is 0 Å². The van der Waals surface area contributed by atoms with Gasteiger partial charge in [0, 0.05) is 19.6 Å². The molecule has 102 valence electrons. The fourth-order valence-electron chi connectivity index (χ4n) is 2.47. The highest BCUT2D eigenvalue weighted by molar-refractivity contribution is 7.89. The lowest BCUT2D eigenvalue weighted by atomic mass is 9.96. The van der Waals surface area contributed by atoms with E-state index in [1.54, 1.807) is 11.2 Å². The fraction of sp³-hybridized carbons (Fsp3) is 1.00. The first-order valence-electron chi connectivity index (χ1n) is 6.71. The van der Waals surface area contributed by atoms with E-state index in [1.165, 1.54) is 12.8 Å². The lowest BCUT2D eigenvalue weighted by Gasteiger charge is -2.23. The Kier molecular flexibility index (Phi) is 5.89. The van der Waals surface area contributed by atoms with Gasteiger partial charge >= 0.3 is 0 Å². The van der Waals surface area contributed by atoms with Crippen LogP contribution >= 0.6 is 0 Å². The lowest BCUT2D eigenvalue weighted by Crippen LogP contribution is -2.41. The molecule has 1 saturated heterocycles. The lowest BCUT2D eigenvalue weighted by molar-refractivity contribution is 0.396. The molecule has 1 fully saturated rings. The minimum absolute atomic E-state index is 0.206. The summed E-state index contributed by atoms with van der Waals surface area (Å²) in [6, 6.07) is 0. The van der Waals surface area contributed by atoms with Gasteiger partial charge < -0.3 is 5.73 Å². The molecule has 1 aliphatic rings. The molecule has 2 unspecified atom stereocenters. The Morgan fingerprint density at radius 3 is 2.65 bits per heavy atom. The summed E-state index contributed by atoms with van der Waals surface area (Å²) < 4.78 is 26.0. The predicted molar refractivity (Wildman–Crippen MR) is 71.3 cm³/mol. The van der Waals surface area contributed by atoms with Crippen molar-refractivity contribution in [2.45, 2.75) is 51.2 Å². The molecular formula is C12H26N2O2S. The molecular weight excluding hydrogens is 236 g/mol. The molecule has 0 radical (unpaired) electrons. The second-order valence-corrected chi connectivity index (χ2v) is 7.43. The van der Waals surface area contributed by atoms with Crippen molar-refractivity contribution >= 4 is 10.0 Å². The van der Waals surface area contributed by atoms with Gasteiger partial charge in [-0.05, 0) is 32.1 Å². The third-order valence-corrected chi connectivity index (χ3v) is 6.00. The number of rotatable bonds is 5. The molecule has 0 aromatic heterocycles. The molecule has 0 bridgehead atoms. The van der Waals surface area contributed by atoms with Crippen LogP contribution in [-0.4, -0.2) is 37.6 Å². The van der Waals surface area contributed by atoms with Gasteiger partial charge in [-0.25, -0.2) is 12.7 Å². The quantitative estimate of drug-likeness (QED) is 0.818. The van der Waals surface area contributed by atoms with Crippen molar-refractivity contribution < 1.29 is 8.42 Å². The number of sulfonamides is 1. The highest BCUT2D eigenvalue weighted by Crippen LogP contribution is 2.24. The second kappa shape index (κ2) is 6.71. The fourth-order valence-corrected chi connectivity index (χ4v) is 3.96. The monoisotopic (exact) mass is 262 g/mol. The van der Waals surface area contributed by atoms with E-state index in [1.807, 2.05) is 0 Å². The normalized spacial score (nSPS) is 25.5. The van der Waals surface area contributed by atoms with Gasteiger partial charge in [0.1, 0.15) is 0 Å². The standard InChI is InChI=1S/C12H26N2O2S/c1-3-5-12-6-4-8-14(9-7-12)17(15,16)11(2)10-13/h11-12H,3-10,13H2,1-2H3. The summed E-state index contributed by atoms with van der Waals surface area (Å²) in [7, 11) is -3.17. The average molecular weight is 262 g/mol. The maximum atomic E-state index is 12.2. The van der Waals surface area contributed by atoms with Crippen LogP contribution in [-0.2, 0) is 10.0 Å². The molecule has 1 rings (SSSR count). The van der Waals surface area contributed by atoms with Gasteiger partial charge in [-0.2, -0.15) is 0 Å². The Morgan fingerprint density at radius 2 is 2.06 bits per heavy atom. The van der Waals surface area contributed by atoms with Gasteiger partial charge in [-0.15, -0.1) is 0 Å². The van der Waals surface area contributed by atoms with E-state index in [2.05, 4.69) is 6.92 Å². The van der Waals surface area contributed by atoms with E-state index < -0.39 is 15.3 Å². The Hall–Kier alpha value is -0.130. The molecule has 0 aromatic rings. The summed E-state index contributed by atoms with van der Waals surface area (Å²) in [6.07, 6.45) is 5.57. The number of nitrogens with two attached hydrogens (primary N) is 1. The third-order valence-electron chi connectivity index (χ3n) is 3.70. The highest BCUT2D eigenvalue weighted by Gasteiger charge is 2.29. The zero-order chi connectivity index (χ0) is 12.9. The number of nitrogens with zero attached hydrogens (tertiary/aromatic N) is 1. The van der Waals surface area contributed by atoms with Crippen LogP contribution in [0.3, 0.4) is 0 Å². The van der Waals surface area contributed by atoms with Gasteiger partial charge in [0.15, 0.2) is 0 Å². The minimum atomic E-state index is -3.17. The summed E-state index contributed by atoms with van der Waals surface area (Å²) in [5.41, 5.74) is 5.47. The smallest absolute Gasteiger partial charge is 0.217 e. The molecule has 0 saturated carbocycles. The molecule has 4 nitrogen and oxygen atoms in total. The van der Waals surface area contributed by atoms with Crippen molar-refractivity contribution in [2.24, 2.45) is 11.7 Å². The first-order valence-corrected chi connectivity index (χ1v) is 8.21. The van der Waals surface area contributed by atoms with Gasteiger partial charge in [-0.3, -0.25) is 0 Å². The zero-order valence-electron chi connectivity index (χ0n) is 11.1. The SMILES string of the molecule is CCCC1CCCN(S(=O)(=O)C(C)CN)CC1. The third kappa shape index (κ3) is 3.93. The van der Waals surface area contributed by atoms with E-state index >= 15 is 0 Å². The van der Waals surface area contributed by atoms with Crippen LogP contribution in [0.4, 0.5) is 0 Å². The van der Waals surface area contributed by atoms with Gasteiger partial charge in [0.2, 0.25) is 10.0 Å². The van der Waals surface area contributed by atoms with Crippen molar-refractivity contribution in [2.75, 3.05) is 19.6 Å². The van der Waals surface area contributed by atoms with Gasteiger partial charge in [0.05, 0.1) is 5.25 Å². The Balaban J connectivity index is 2.62. The van der Waals surface area contributed by atoms with Crippen molar-refractivity contribution in [3.05, 3.63) is 0 Å². The Bertz CT molecular complexity index is 316. The molecule has 1 aliphatic heterocycles. The first kappa shape index (κ1) is 14.9. The Labute approximate surface area is 106 Å². The molecule has 0 aliphatic carbocycles. The summed E-state index contributed by atoms with van der Waals surface area (Å²) in [4.78, 5) is 0. The predicted octanol–water partition coefficient (Wildman–Crippen LogP) is 1.57. The van der Waals surface area contributed by atoms with Crippen LogP contribution in [0.5, 0.6) is 0 Å². The maximum Gasteiger partial charge on any atom is 0.217 e. The molecule has 0 spiro atoms. The summed E-state index contributed by atoms with van der Waals surface area (Å²) in [6.45, 7) is 5.45. The van der Waals surface area contributed by atoms with E-state index in [0.29, 0.717) is 19.0 Å². The zero-order valence-corrected chi connectivity index (χ0v) is 11.9. The van der Waals surface area contributed by atoms with Crippen LogP contribution in [0.25, 0.3) is 0 Å². The first-order chi connectivity index (χ1) is 8.02. The van der Waals surface area contributed by atoms with Crippen LogP contribution in [0.15, 0.2) is 0 Å². The molecule has 1 heterocycles. The second-order valence-electron chi connectivity index (χ2n) is 5.08. The molecule has 0 amide bonds. The average Bonchev–Trinajstić information content (AvgIpc) is 2.54. The van der Waals surface area contributed by atoms with Crippen molar-refractivity contribution in [1.29, 1.82) is 0 Å². The summed E-state index contributed by atoms with van der Waals surface area (Å²) >= 11 is 0. The molecule has 2 atom stereocenters. The Morgan fingerprint density at radius 1 is 1.35 bits per heavy atom.